The van der Waals surface area contributed by atoms with Gasteiger partial charge in [-0.25, -0.2) is 0 Å². The molecule has 0 aromatic heterocycles. The third-order valence-corrected chi connectivity index (χ3v) is 2.66. The number of hydrogen-bond donors (Lipinski definition) is 1. The molecule has 0 amide bonds. The minimum absolute atomic E-state index is 0.445. The number of nitrogens with two attached hydrogens (primary N) is 1. The zero-order valence-electron chi connectivity index (χ0n) is 6.59. The predicted molar refractivity (Wildman–Crippen MR) is 57.2 cm³/mol. The molecule has 1 saturated carbocycles. The number of hydrogen-bond acceptors (Lipinski definition) is 2. The molecule has 3 heteroatoms. The van der Waals surface area contributed by atoms with E-state index in [9.17, 15) is 0 Å². The van der Waals surface area contributed by atoms with Crippen LogP contribution in [0.3, 0.4) is 0 Å². The maximum absolute atomic E-state index is 5.65. The average Bonchev–Trinajstić information content (AvgIpc) is 2.81. The molecular formula is C9H10INO. The quantitative estimate of drug-likeness (QED) is 0.664. The summed E-state index contributed by atoms with van der Waals surface area (Å²) in [6.45, 7) is 0. The fourth-order valence-corrected chi connectivity index (χ4v) is 1.44. The number of rotatable bonds is 2. The van der Waals surface area contributed by atoms with Gasteiger partial charge in [0.1, 0.15) is 5.75 Å². The number of halogens is 1. The van der Waals surface area contributed by atoms with Gasteiger partial charge in [0.25, 0.3) is 0 Å². The van der Waals surface area contributed by atoms with Gasteiger partial charge in [-0.15, -0.1) is 0 Å². The lowest BCUT2D eigenvalue weighted by Crippen LogP contribution is -1.98. The molecular weight excluding hydrogens is 265 g/mol. The van der Waals surface area contributed by atoms with Crippen LogP contribution in [0.2, 0.25) is 0 Å². The Morgan fingerprint density at radius 1 is 1.42 bits per heavy atom. The lowest BCUT2D eigenvalue weighted by atomic mass is 10.3. The van der Waals surface area contributed by atoms with E-state index >= 15 is 0 Å². The van der Waals surface area contributed by atoms with Crippen LogP contribution in [0.4, 0.5) is 5.69 Å². The third kappa shape index (κ3) is 1.83. The molecule has 1 fully saturated rings. The Kier molecular flexibility index (Phi) is 2.12. The van der Waals surface area contributed by atoms with Crippen molar-refractivity contribution in [2.45, 2.75) is 18.9 Å². The van der Waals surface area contributed by atoms with Gasteiger partial charge in [0.05, 0.1) is 9.67 Å². The Morgan fingerprint density at radius 2 is 2.17 bits per heavy atom. The van der Waals surface area contributed by atoms with Gasteiger partial charge in [0.15, 0.2) is 0 Å². The van der Waals surface area contributed by atoms with Gasteiger partial charge in [-0.2, -0.15) is 0 Å². The molecule has 2 N–H and O–H groups in total. The molecule has 12 heavy (non-hydrogen) atoms. The molecule has 0 aliphatic heterocycles. The normalized spacial score (nSPS) is 16.1. The number of anilines is 1. The van der Waals surface area contributed by atoms with E-state index in [2.05, 4.69) is 22.6 Å². The van der Waals surface area contributed by atoms with Crippen molar-refractivity contribution >= 4 is 28.3 Å². The van der Waals surface area contributed by atoms with Gasteiger partial charge in [0, 0.05) is 11.8 Å². The summed E-state index contributed by atoms with van der Waals surface area (Å²) in [5.74, 6) is 0.929. The maximum Gasteiger partial charge on any atom is 0.135 e. The van der Waals surface area contributed by atoms with E-state index < -0.39 is 0 Å². The molecule has 1 aliphatic carbocycles. The fraction of sp³-hybridized carbons (Fsp3) is 0.333. The fourth-order valence-electron chi connectivity index (χ4n) is 0.976. The van der Waals surface area contributed by atoms with E-state index in [0.29, 0.717) is 6.10 Å². The molecule has 2 nitrogen and oxygen atoms in total. The van der Waals surface area contributed by atoms with Crippen LogP contribution in [-0.2, 0) is 0 Å². The van der Waals surface area contributed by atoms with E-state index in [1.165, 1.54) is 12.8 Å². The number of benzene rings is 1. The van der Waals surface area contributed by atoms with Gasteiger partial charge in [-0.05, 0) is 47.6 Å². The zero-order chi connectivity index (χ0) is 8.55. The minimum atomic E-state index is 0.445. The van der Waals surface area contributed by atoms with Crippen molar-refractivity contribution in [1.82, 2.24) is 0 Å². The molecule has 1 aromatic carbocycles. The standard InChI is InChI=1S/C9H10INO/c10-8-4-1-6(11)5-9(8)12-7-2-3-7/h1,4-5,7H,2-3,11H2. The molecule has 0 radical (unpaired) electrons. The number of nitrogen functional groups attached to an aromatic ring is 1. The largest absolute Gasteiger partial charge is 0.489 e. The highest BCUT2D eigenvalue weighted by Crippen LogP contribution is 2.31. The van der Waals surface area contributed by atoms with Gasteiger partial charge in [-0.3, -0.25) is 0 Å². The molecule has 1 aromatic rings. The Balaban J connectivity index is 2.21. The van der Waals surface area contributed by atoms with Crippen LogP contribution < -0.4 is 10.5 Å². The molecule has 0 atom stereocenters. The lowest BCUT2D eigenvalue weighted by molar-refractivity contribution is 0.301. The van der Waals surface area contributed by atoms with Gasteiger partial charge < -0.3 is 10.5 Å². The highest BCUT2D eigenvalue weighted by Gasteiger charge is 2.24. The second kappa shape index (κ2) is 3.12. The Morgan fingerprint density at radius 3 is 2.83 bits per heavy atom. The van der Waals surface area contributed by atoms with Crippen molar-refractivity contribution in [3.8, 4) is 5.75 Å². The highest BCUT2D eigenvalue weighted by molar-refractivity contribution is 14.1. The average molecular weight is 275 g/mol. The Hall–Kier alpha value is -0.450. The Labute approximate surface area is 85.2 Å². The van der Waals surface area contributed by atoms with Crippen LogP contribution in [0.15, 0.2) is 18.2 Å². The molecule has 1 aliphatic rings. The summed E-state index contributed by atoms with van der Waals surface area (Å²) in [6, 6.07) is 5.76. The summed E-state index contributed by atoms with van der Waals surface area (Å²) in [5.41, 5.74) is 6.41. The summed E-state index contributed by atoms with van der Waals surface area (Å²) in [4.78, 5) is 0. The molecule has 0 saturated heterocycles. The SMILES string of the molecule is Nc1ccc(I)c(OC2CC2)c1. The smallest absolute Gasteiger partial charge is 0.135 e. The van der Waals surface area contributed by atoms with Crippen LogP contribution in [0.25, 0.3) is 0 Å². The summed E-state index contributed by atoms with van der Waals surface area (Å²) in [6.07, 6.45) is 2.82. The first-order valence-corrected chi connectivity index (χ1v) is 5.05. The number of ether oxygens (including phenoxy) is 1. The zero-order valence-corrected chi connectivity index (χ0v) is 8.74. The van der Waals surface area contributed by atoms with Crippen LogP contribution >= 0.6 is 22.6 Å². The second-order valence-corrected chi connectivity index (χ2v) is 4.17. The summed E-state index contributed by atoms with van der Waals surface area (Å²) < 4.78 is 6.78. The van der Waals surface area contributed by atoms with Crippen molar-refractivity contribution in [3.05, 3.63) is 21.8 Å². The molecule has 0 unspecified atom stereocenters. The van der Waals surface area contributed by atoms with Crippen molar-refractivity contribution < 1.29 is 4.74 Å². The van der Waals surface area contributed by atoms with Crippen molar-refractivity contribution in [1.29, 1.82) is 0 Å². The van der Waals surface area contributed by atoms with E-state index in [4.69, 9.17) is 10.5 Å². The predicted octanol–water partition coefficient (Wildman–Crippen LogP) is 2.41. The molecule has 2 rings (SSSR count). The molecule has 0 spiro atoms. The first-order valence-electron chi connectivity index (χ1n) is 3.97. The van der Waals surface area contributed by atoms with Gasteiger partial charge >= 0.3 is 0 Å². The van der Waals surface area contributed by atoms with Crippen LogP contribution in [0.5, 0.6) is 5.75 Å². The summed E-state index contributed by atoms with van der Waals surface area (Å²) in [5, 5.41) is 0. The van der Waals surface area contributed by atoms with Gasteiger partial charge in [-0.1, -0.05) is 0 Å². The van der Waals surface area contributed by atoms with Crippen LogP contribution in [0.1, 0.15) is 12.8 Å². The van der Waals surface area contributed by atoms with E-state index in [1.807, 2.05) is 18.2 Å². The van der Waals surface area contributed by atoms with Gasteiger partial charge in [0.2, 0.25) is 0 Å². The summed E-state index contributed by atoms with van der Waals surface area (Å²) in [7, 11) is 0. The molecule has 0 heterocycles. The van der Waals surface area contributed by atoms with Crippen molar-refractivity contribution in [2.75, 3.05) is 5.73 Å². The first kappa shape index (κ1) is 8.16. The third-order valence-electron chi connectivity index (χ3n) is 1.77. The van der Waals surface area contributed by atoms with Crippen molar-refractivity contribution in [2.24, 2.45) is 0 Å². The minimum Gasteiger partial charge on any atom is -0.489 e. The van der Waals surface area contributed by atoms with Crippen LogP contribution in [-0.4, -0.2) is 6.10 Å². The molecule has 64 valence electrons. The first-order chi connectivity index (χ1) is 5.75. The highest BCUT2D eigenvalue weighted by atomic mass is 127. The topological polar surface area (TPSA) is 35.2 Å². The van der Waals surface area contributed by atoms with E-state index in [-0.39, 0.29) is 0 Å². The lowest BCUT2D eigenvalue weighted by Gasteiger charge is -2.06. The van der Waals surface area contributed by atoms with Crippen LogP contribution in [0, 0.1) is 3.57 Å². The second-order valence-electron chi connectivity index (χ2n) is 3.01. The molecule has 0 bridgehead atoms. The Bertz CT molecular complexity index is 297. The van der Waals surface area contributed by atoms with Crippen molar-refractivity contribution in [3.63, 3.8) is 0 Å². The monoisotopic (exact) mass is 275 g/mol. The van der Waals surface area contributed by atoms with E-state index in [0.717, 1.165) is 15.0 Å². The summed E-state index contributed by atoms with van der Waals surface area (Å²) >= 11 is 2.26. The van der Waals surface area contributed by atoms with E-state index in [1.54, 1.807) is 0 Å². The maximum atomic E-state index is 5.65.